The van der Waals surface area contributed by atoms with Crippen LogP contribution in [0.4, 0.5) is 0 Å². The van der Waals surface area contributed by atoms with Gasteiger partial charge in [-0.1, -0.05) is 31.2 Å². The van der Waals surface area contributed by atoms with Crippen molar-refractivity contribution in [3.05, 3.63) is 24.3 Å². The lowest BCUT2D eigenvalue weighted by molar-refractivity contribution is -0.151. The van der Waals surface area contributed by atoms with Crippen molar-refractivity contribution in [2.75, 3.05) is 7.11 Å². The van der Waals surface area contributed by atoms with E-state index in [1.165, 1.54) is 7.11 Å². The van der Waals surface area contributed by atoms with Crippen LogP contribution in [0.1, 0.15) is 26.7 Å². The van der Waals surface area contributed by atoms with Crippen LogP contribution in [-0.2, 0) is 14.3 Å². The van der Waals surface area contributed by atoms with E-state index in [-0.39, 0.29) is 40.3 Å². The first-order chi connectivity index (χ1) is 8.87. The van der Waals surface area contributed by atoms with Gasteiger partial charge in [0.15, 0.2) is 0 Å². The fraction of sp³-hybridized carbons (Fsp3) is 0.625. The van der Waals surface area contributed by atoms with Gasteiger partial charge in [-0.15, -0.1) is 0 Å². The quantitative estimate of drug-likeness (QED) is 0.566. The molecule has 0 aliphatic heterocycles. The van der Waals surface area contributed by atoms with Gasteiger partial charge in [-0.25, -0.2) is 0 Å². The minimum Gasteiger partial charge on any atom is -0.469 e. The van der Waals surface area contributed by atoms with Gasteiger partial charge in [-0.05, 0) is 18.3 Å². The van der Waals surface area contributed by atoms with Crippen molar-refractivity contribution in [2.24, 2.45) is 28.6 Å². The summed E-state index contributed by atoms with van der Waals surface area (Å²) in [4.78, 5) is 24.4. The largest absolute Gasteiger partial charge is 0.469 e. The van der Waals surface area contributed by atoms with E-state index in [1.54, 1.807) is 0 Å². The van der Waals surface area contributed by atoms with E-state index in [9.17, 15) is 9.59 Å². The number of carbonyl (C=O) groups is 2. The molecule has 102 valence electrons. The zero-order valence-electron chi connectivity index (χ0n) is 11.7. The molecular formula is C16H20O3. The summed E-state index contributed by atoms with van der Waals surface area (Å²) in [6.45, 7) is 8.19. The molecule has 0 heterocycles. The summed E-state index contributed by atoms with van der Waals surface area (Å²) in [7, 11) is 1.43. The Balaban J connectivity index is 2.19. The topological polar surface area (TPSA) is 43.4 Å². The number of esters is 1. The van der Waals surface area contributed by atoms with Crippen LogP contribution in [0, 0.1) is 28.6 Å². The van der Waals surface area contributed by atoms with Crippen LogP contribution in [0.3, 0.4) is 0 Å². The zero-order chi connectivity index (χ0) is 14.0. The maximum absolute atomic E-state index is 12.2. The fourth-order valence-corrected chi connectivity index (χ4v) is 5.11. The zero-order valence-corrected chi connectivity index (χ0v) is 11.7. The molecule has 3 aliphatic carbocycles. The van der Waals surface area contributed by atoms with Gasteiger partial charge in [0.05, 0.1) is 13.0 Å². The van der Waals surface area contributed by atoms with Crippen molar-refractivity contribution < 1.29 is 14.3 Å². The van der Waals surface area contributed by atoms with Gasteiger partial charge in [-0.2, -0.15) is 0 Å². The average molecular weight is 260 g/mol. The van der Waals surface area contributed by atoms with E-state index in [0.717, 1.165) is 5.57 Å². The molecule has 0 aromatic rings. The third kappa shape index (κ3) is 1.24. The Hall–Kier alpha value is -1.38. The van der Waals surface area contributed by atoms with E-state index >= 15 is 0 Å². The molecular weight excluding hydrogens is 240 g/mol. The van der Waals surface area contributed by atoms with E-state index in [1.807, 2.05) is 6.92 Å². The lowest BCUT2D eigenvalue weighted by atomic mass is 9.59. The molecule has 19 heavy (non-hydrogen) atoms. The predicted octanol–water partition coefficient (Wildman–Crippen LogP) is 2.52. The number of methoxy groups -OCH3 is 1. The van der Waals surface area contributed by atoms with Gasteiger partial charge in [0.1, 0.15) is 5.78 Å². The average Bonchev–Trinajstić information content (AvgIpc) is 2.75. The van der Waals surface area contributed by atoms with E-state index in [0.29, 0.717) is 12.8 Å². The molecule has 0 saturated heterocycles. The van der Waals surface area contributed by atoms with Crippen LogP contribution in [0.15, 0.2) is 24.3 Å². The summed E-state index contributed by atoms with van der Waals surface area (Å²) in [5.74, 6) is 0.167. The maximum Gasteiger partial charge on any atom is 0.309 e. The lowest BCUT2D eigenvalue weighted by Crippen LogP contribution is -2.43. The minimum absolute atomic E-state index is 0.0684. The molecule has 0 N–H and O–H groups in total. The molecule has 0 unspecified atom stereocenters. The lowest BCUT2D eigenvalue weighted by Gasteiger charge is -2.43. The third-order valence-electron chi connectivity index (χ3n) is 5.76. The van der Waals surface area contributed by atoms with Crippen LogP contribution in [0.2, 0.25) is 0 Å². The standard InChI is InChI=1S/C16H20O3/c1-9(2)16-8-10(17)7-15(3)12(16)6-5-11(16)13(15)14(18)19-4/h5-6,11-13H,1,7-8H2,2-4H3/t11-,12+,13-,15+,16-/m1/s1. The summed E-state index contributed by atoms with van der Waals surface area (Å²) >= 11 is 0. The Morgan fingerprint density at radius 3 is 2.68 bits per heavy atom. The molecule has 0 radical (unpaired) electrons. The Morgan fingerprint density at radius 1 is 1.42 bits per heavy atom. The SMILES string of the molecule is C=C(C)[C@]12CC(=O)C[C@]3(C)[C@@H](C(=O)OC)[C@H]1C=C[C@@H]32. The predicted molar refractivity (Wildman–Crippen MR) is 71.2 cm³/mol. The highest BCUT2D eigenvalue weighted by molar-refractivity contribution is 5.86. The third-order valence-corrected chi connectivity index (χ3v) is 5.76. The molecule has 0 amide bonds. The van der Waals surface area contributed by atoms with Crippen molar-refractivity contribution in [2.45, 2.75) is 26.7 Å². The highest BCUT2D eigenvalue weighted by Crippen LogP contribution is 2.72. The number of rotatable bonds is 2. The fourth-order valence-electron chi connectivity index (χ4n) is 5.11. The number of ketones is 1. The molecule has 3 heteroatoms. The second-order valence-electron chi connectivity index (χ2n) is 6.61. The summed E-state index contributed by atoms with van der Waals surface area (Å²) in [5.41, 5.74) is 0.474. The first-order valence-corrected chi connectivity index (χ1v) is 6.82. The molecule has 2 saturated carbocycles. The first-order valence-electron chi connectivity index (χ1n) is 6.82. The normalized spacial score (nSPS) is 46.5. The summed E-state index contributed by atoms with van der Waals surface area (Å²) < 4.78 is 5.01. The summed E-state index contributed by atoms with van der Waals surface area (Å²) in [5, 5.41) is 0. The van der Waals surface area contributed by atoms with Crippen LogP contribution >= 0.6 is 0 Å². The maximum atomic E-state index is 12.2. The number of carbonyl (C=O) groups excluding carboxylic acids is 2. The second-order valence-corrected chi connectivity index (χ2v) is 6.61. The number of ether oxygens (including phenoxy) is 1. The molecule has 0 spiro atoms. The van der Waals surface area contributed by atoms with E-state index in [2.05, 4.69) is 25.7 Å². The van der Waals surface area contributed by atoms with Crippen molar-refractivity contribution in [3.63, 3.8) is 0 Å². The Bertz CT molecular complexity index is 518. The number of hydrogen-bond donors (Lipinski definition) is 0. The van der Waals surface area contributed by atoms with Gasteiger partial charge < -0.3 is 4.74 Å². The van der Waals surface area contributed by atoms with Gasteiger partial charge in [0.2, 0.25) is 0 Å². The Labute approximate surface area is 113 Å². The molecule has 0 aromatic carbocycles. The molecule has 0 aromatic heterocycles. The van der Waals surface area contributed by atoms with Crippen molar-refractivity contribution >= 4 is 11.8 Å². The van der Waals surface area contributed by atoms with Crippen molar-refractivity contribution in [1.29, 1.82) is 0 Å². The van der Waals surface area contributed by atoms with Gasteiger partial charge in [0, 0.05) is 24.2 Å². The summed E-state index contributed by atoms with van der Waals surface area (Å²) in [6, 6.07) is 0. The molecule has 3 rings (SSSR count). The number of hydrogen-bond acceptors (Lipinski definition) is 3. The van der Waals surface area contributed by atoms with Crippen LogP contribution in [0.5, 0.6) is 0 Å². The smallest absolute Gasteiger partial charge is 0.309 e. The number of allylic oxidation sites excluding steroid dienone is 3. The Morgan fingerprint density at radius 2 is 2.11 bits per heavy atom. The van der Waals surface area contributed by atoms with E-state index < -0.39 is 0 Å². The monoisotopic (exact) mass is 260 g/mol. The van der Waals surface area contributed by atoms with Crippen LogP contribution in [0.25, 0.3) is 0 Å². The van der Waals surface area contributed by atoms with Gasteiger partial charge in [0.25, 0.3) is 0 Å². The van der Waals surface area contributed by atoms with Crippen molar-refractivity contribution in [3.8, 4) is 0 Å². The van der Waals surface area contributed by atoms with Crippen molar-refractivity contribution in [1.82, 2.24) is 0 Å². The molecule has 4 bridgehead atoms. The molecule has 5 atom stereocenters. The van der Waals surface area contributed by atoms with Gasteiger partial charge >= 0.3 is 5.97 Å². The Kier molecular flexibility index (Phi) is 2.39. The molecule has 2 fully saturated rings. The first kappa shape index (κ1) is 12.6. The second kappa shape index (κ2) is 3.59. The number of Topliss-reactive ketones (excluding diaryl/α,β-unsaturated/α-hetero) is 1. The van der Waals surface area contributed by atoms with Crippen LogP contribution < -0.4 is 0 Å². The van der Waals surface area contributed by atoms with Crippen LogP contribution in [-0.4, -0.2) is 18.9 Å². The highest BCUT2D eigenvalue weighted by Gasteiger charge is 2.71. The summed E-state index contributed by atoms with van der Waals surface area (Å²) in [6.07, 6.45) is 5.31. The van der Waals surface area contributed by atoms with E-state index in [4.69, 9.17) is 4.74 Å². The van der Waals surface area contributed by atoms with Gasteiger partial charge in [-0.3, -0.25) is 9.59 Å². The highest BCUT2D eigenvalue weighted by atomic mass is 16.5. The minimum atomic E-state index is -0.305. The molecule has 3 nitrogen and oxygen atoms in total. The molecule has 3 aliphatic rings.